The Hall–Kier alpha value is 0.0600. The molecule has 3 nitrogen and oxygen atoms in total. The first kappa shape index (κ1) is 13.5. The molecule has 0 aromatic heterocycles. The molecular formula is C10H10Cl2O3S2. The normalized spacial score (nSPS) is 27.2. The Balaban J connectivity index is 2.19. The Morgan fingerprint density at radius 3 is 2.59 bits per heavy atom. The van der Waals surface area contributed by atoms with Crippen molar-refractivity contribution in [2.75, 3.05) is 11.5 Å². The van der Waals surface area contributed by atoms with Gasteiger partial charge in [-0.05, 0) is 18.2 Å². The number of benzene rings is 1. The number of hydrogen-bond acceptors (Lipinski definition) is 4. The summed E-state index contributed by atoms with van der Waals surface area (Å²) in [6.07, 6.45) is -0.847. The number of rotatable bonds is 2. The number of hydrogen-bond donors (Lipinski definition) is 1. The topological polar surface area (TPSA) is 54.4 Å². The van der Waals surface area contributed by atoms with E-state index in [0.29, 0.717) is 14.9 Å². The highest BCUT2D eigenvalue weighted by Gasteiger charge is 2.37. The van der Waals surface area contributed by atoms with Crippen LogP contribution in [0, 0.1) is 0 Å². The Morgan fingerprint density at radius 2 is 2.00 bits per heavy atom. The van der Waals surface area contributed by atoms with E-state index in [1.165, 1.54) is 11.8 Å². The summed E-state index contributed by atoms with van der Waals surface area (Å²) in [5.74, 6) is -0.204. The number of halogens is 2. The Kier molecular flexibility index (Phi) is 3.95. The second-order valence-electron chi connectivity index (χ2n) is 3.88. The number of aliphatic hydroxyl groups excluding tert-OH is 1. The zero-order valence-corrected chi connectivity index (χ0v) is 11.8. The highest BCUT2D eigenvalue weighted by Crippen LogP contribution is 2.36. The van der Waals surface area contributed by atoms with Crippen LogP contribution in [0.4, 0.5) is 0 Å². The fourth-order valence-electron chi connectivity index (χ4n) is 1.64. The third-order valence-electron chi connectivity index (χ3n) is 2.44. The maximum atomic E-state index is 11.4. The van der Waals surface area contributed by atoms with Gasteiger partial charge in [-0.2, -0.15) is 0 Å². The van der Waals surface area contributed by atoms with Crippen LogP contribution in [0.5, 0.6) is 0 Å². The first-order valence-corrected chi connectivity index (χ1v) is 8.33. The molecule has 1 aromatic carbocycles. The molecule has 0 bridgehead atoms. The number of aliphatic hydroxyl groups is 1. The number of sulfone groups is 1. The zero-order chi connectivity index (χ0) is 12.6. The molecule has 1 heterocycles. The molecule has 1 aliphatic heterocycles. The van der Waals surface area contributed by atoms with E-state index in [0.717, 1.165) is 0 Å². The molecule has 2 unspecified atom stereocenters. The highest BCUT2D eigenvalue weighted by atomic mass is 35.5. The molecule has 1 saturated heterocycles. The van der Waals surface area contributed by atoms with Crippen LogP contribution in [0.25, 0.3) is 0 Å². The maximum Gasteiger partial charge on any atom is 0.154 e. The minimum absolute atomic E-state index is 0.0261. The van der Waals surface area contributed by atoms with Gasteiger partial charge in [0.2, 0.25) is 0 Å². The first-order valence-electron chi connectivity index (χ1n) is 4.87. The zero-order valence-electron chi connectivity index (χ0n) is 8.64. The molecule has 1 fully saturated rings. The molecule has 0 saturated carbocycles. The molecule has 2 rings (SSSR count). The number of thioether (sulfide) groups is 1. The molecule has 1 N–H and O–H groups in total. The predicted molar refractivity (Wildman–Crippen MR) is 70.8 cm³/mol. The summed E-state index contributed by atoms with van der Waals surface area (Å²) in [6, 6.07) is 4.99. The van der Waals surface area contributed by atoms with Gasteiger partial charge in [0.05, 0.1) is 27.9 Å². The lowest BCUT2D eigenvalue weighted by Gasteiger charge is -2.13. The summed E-state index contributed by atoms with van der Waals surface area (Å²) in [6.45, 7) is 0. The summed E-state index contributed by atoms with van der Waals surface area (Å²) in [5, 5.41) is 10.3. The smallest absolute Gasteiger partial charge is 0.154 e. The van der Waals surface area contributed by atoms with Gasteiger partial charge in [-0.25, -0.2) is 8.42 Å². The molecule has 0 aliphatic carbocycles. The van der Waals surface area contributed by atoms with E-state index in [1.54, 1.807) is 18.2 Å². The van der Waals surface area contributed by atoms with Crippen molar-refractivity contribution in [2.45, 2.75) is 16.2 Å². The highest BCUT2D eigenvalue weighted by molar-refractivity contribution is 8.02. The van der Waals surface area contributed by atoms with Crippen molar-refractivity contribution in [3.63, 3.8) is 0 Å². The van der Waals surface area contributed by atoms with Crippen LogP contribution in [0.1, 0.15) is 0 Å². The van der Waals surface area contributed by atoms with Crippen molar-refractivity contribution < 1.29 is 13.5 Å². The largest absolute Gasteiger partial charge is 0.391 e. The fraction of sp³-hybridized carbons (Fsp3) is 0.400. The first-order chi connectivity index (χ1) is 7.87. The fourth-order valence-corrected chi connectivity index (χ4v) is 5.71. The molecule has 7 heteroatoms. The lowest BCUT2D eigenvalue weighted by molar-refractivity contribution is 0.207. The average Bonchev–Trinajstić information content (AvgIpc) is 2.46. The lowest BCUT2D eigenvalue weighted by Crippen LogP contribution is -2.19. The molecule has 0 radical (unpaired) electrons. The van der Waals surface area contributed by atoms with E-state index >= 15 is 0 Å². The molecule has 17 heavy (non-hydrogen) atoms. The van der Waals surface area contributed by atoms with Gasteiger partial charge in [-0.15, -0.1) is 11.8 Å². The predicted octanol–water partition coefficient (Wildman–Crippen LogP) is 2.24. The van der Waals surface area contributed by atoms with Gasteiger partial charge >= 0.3 is 0 Å². The van der Waals surface area contributed by atoms with Crippen LogP contribution < -0.4 is 0 Å². The standard InChI is InChI=1S/C10H10Cl2O3S2/c11-6-1-2-7(12)9(3-6)16-10-5-17(14,15)4-8(10)13/h1-3,8,10,13H,4-5H2. The van der Waals surface area contributed by atoms with Gasteiger partial charge in [-0.1, -0.05) is 23.2 Å². The minimum atomic E-state index is -3.13. The molecule has 0 amide bonds. The van der Waals surface area contributed by atoms with Crippen LogP contribution in [0.3, 0.4) is 0 Å². The van der Waals surface area contributed by atoms with Gasteiger partial charge in [0.25, 0.3) is 0 Å². The van der Waals surface area contributed by atoms with Gasteiger partial charge in [0, 0.05) is 9.92 Å². The van der Waals surface area contributed by atoms with E-state index < -0.39 is 15.9 Å². The summed E-state index contributed by atoms with van der Waals surface area (Å²) in [5.41, 5.74) is 0. The SMILES string of the molecule is O=S1(=O)CC(O)C(Sc2cc(Cl)ccc2Cl)C1. The molecule has 94 valence electrons. The van der Waals surface area contributed by atoms with Crippen molar-refractivity contribution in [3.05, 3.63) is 28.2 Å². The van der Waals surface area contributed by atoms with Crippen molar-refractivity contribution >= 4 is 44.8 Å². The van der Waals surface area contributed by atoms with Crippen LogP contribution in [-0.4, -0.2) is 36.4 Å². The van der Waals surface area contributed by atoms with Crippen molar-refractivity contribution in [3.8, 4) is 0 Å². The van der Waals surface area contributed by atoms with Crippen LogP contribution in [-0.2, 0) is 9.84 Å². The summed E-state index contributed by atoms with van der Waals surface area (Å²) >= 11 is 13.1. The monoisotopic (exact) mass is 312 g/mol. The van der Waals surface area contributed by atoms with Crippen LogP contribution in [0.2, 0.25) is 10.0 Å². The van der Waals surface area contributed by atoms with Gasteiger partial charge in [-0.3, -0.25) is 0 Å². The summed E-state index contributed by atoms with van der Waals surface area (Å²) in [4.78, 5) is 0.695. The Labute approximate surface area is 114 Å². The maximum absolute atomic E-state index is 11.4. The van der Waals surface area contributed by atoms with Gasteiger partial charge < -0.3 is 5.11 Å². The van der Waals surface area contributed by atoms with Crippen LogP contribution in [0.15, 0.2) is 23.1 Å². The lowest BCUT2D eigenvalue weighted by atomic mass is 10.3. The second-order valence-corrected chi connectivity index (χ2v) is 8.15. The Morgan fingerprint density at radius 1 is 1.29 bits per heavy atom. The minimum Gasteiger partial charge on any atom is -0.391 e. The van der Waals surface area contributed by atoms with Crippen molar-refractivity contribution in [1.29, 1.82) is 0 Å². The molecule has 1 aliphatic rings. The average molecular weight is 313 g/mol. The third kappa shape index (κ3) is 3.29. The summed E-state index contributed by atoms with van der Waals surface area (Å²) < 4.78 is 22.7. The summed E-state index contributed by atoms with van der Waals surface area (Å²) in [7, 11) is -3.13. The van der Waals surface area contributed by atoms with Gasteiger partial charge in [0.15, 0.2) is 9.84 Å². The molecule has 1 aromatic rings. The van der Waals surface area contributed by atoms with E-state index in [1.807, 2.05) is 0 Å². The van der Waals surface area contributed by atoms with E-state index in [9.17, 15) is 13.5 Å². The van der Waals surface area contributed by atoms with Crippen molar-refractivity contribution in [1.82, 2.24) is 0 Å². The van der Waals surface area contributed by atoms with E-state index in [-0.39, 0.29) is 16.8 Å². The van der Waals surface area contributed by atoms with Gasteiger partial charge in [0.1, 0.15) is 0 Å². The quantitative estimate of drug-likeness (QED) is 0.910. The second kappa shape index (κ2) is 4.97. The Bertz CT molecular complexity index is 530. The van der Waals surface area contributed by atoms with Crippen molar-refractivity contribution in [2.24, 2.45) is 0 Å². The molecule has 2 atom stereocenters. The molecular weight excluding hydrogens is 303 g/mol. The third-order valence-corrected chi connectivity index (χ3v) is 6.42. The van der Waals surface area contributed by atoms with Crippen LogP contribution >= 0.6 is 35.0 Å². The van der Waals surface area contributed by atoms with E-state index in [4.69, 9.17) is 23.2 Å². The molecule has 0 spiro atoms. The van der Waals surface area contributed by atoms with E-state index in [2.05, 4.69) is 0 Å².